The first-order valence-corrected chi connectivity index (χ1v) is 7.90. The number of ketones is 1. The standard InChI is InChI=1S/C14H25N3OS.2ClH/c1-5-9-15-14-16-11(4)13(19-14)12(18)8-10-17(6-2)7-3;;/h5-10H2,1-4H3,(H,15,16);2*1H. The maximum atomic E-state index is 12.2. The predicted octanol–water partition coefficient (Wildman–Crippen LogP) is 4.03. The summed E-state index contributed by atoms with van der Waals surface area (Å²) in [6, 6.07) is 0. The van der Waals surface area contributed by atoms with E-state index in [0.29, 0.717) is 6.42 Å². The molecule has 1 aromatic heterocycles. The second kappa shape index (κ2) is 12.2. The topological polar surface area (TPSA) is 45.2 Å². The molecule has 1 aromatic rings. The van der Waals surface area contributed by atoms with Gasteiger partial charge in [0.2, 0.25) is 0 Å². The van der Waals surface area contributed by atoms with Crippen LogP contribution in [0.5, 0.6) is 0 Å². The summed E-state index contributed by atoms with van der Waals surface area (Å²) in [5.74, 6) is 0.214. The zero-order valence-electron chi connectivity index (χ0n) is 13.3. The van der Waals surface area contributed by atoms with Gasteiger partial charge in [0.15, 0.2) is 10.9 Å². The molecule has 4 nitrogen and oxygen atoms in total. The molecule has 0 amide bonds. The van der Waals surface area contributed by atoms with Crippen molar-refractivity contribution in [3.05, 3.63) is 10.6 Å². The van der Waals surface area contributed by atoms with E-state index in [2.05, 4.69) is 36.0 Å². The van der Waals surface area contributed by atoms with Crippen LogP contribution in [0, 0.1) is 6.92 Å². The number of Topliss-reactive ketones (excluding diaryl/α,β-unsaturated/α-hetero) is 1. The lowest BCUT2D eigenvalue weighted by molar-refractivity contribution is 0.0969. The molecule has 7 heteroatoms. The molecule has 0 unspecified atom stereocenters. The quantitative estimate of drug-likeness (QED) is 0.679. The molecule has 0 saturated carbocycles. The second-order valence-corrected chi connectivity index (χ2v) is 5.56. The molecule has 0 bridgehead atoms. The summed E-state index contributed by atoms with van der Waals surface area (Å²) < 4.78 is 0. The zero-order chi connectivity index (χ0) is 14.3. The van der Waals surface area contributed by atoms with Gasteiger partial charge in [0.1, 0.15) is 0 Å². The minimum atomic E-state index is 0. The Morgan fingerprint density at radius 2 is 1.86 bits per heavy atom. The summed E-state index contributed by atoms with van der Waals surface area (Å²) >= 11 is 1.48. The first-order valence-electron chi connectivity index (χ1n) is 7.09. The normalized spacial score (nSPS) is 9.95. The van der Waals surface area contributed by atoms with Crippen molar-refractivity contribution in [3.63, 3.8) is 0 Å². The molecule has 0 aliphatic heterocycles. The molecule has 124 valence electrons. The van der Waals surface area contributed by atoms with E-state index in [1.165, 1.54) is 11.3 Å². The van der Waals surface area contributed by atoms with Gasteiger partial charge in [-0.15, -0.1) is 24.8 Å². The number of anilines is 1. The Morgan fingerprint density at radius 1 is 1.24 bits per heavy atom. The number of aryl methyl sites for hydroxylation is 1. The van der Waals surface area contributed by atoms with E-state index in [1.54, 1.807) is 0 Å². The summed E-state index contributed by atoms with van der Waals surface area (Å²) in [5.41, 5.74) is 0.855. The number of hydrogen-bond acceptors (Lipinski definition) is 5. The molecular formula is C14H27Cl2N3OS. The summed E-state index contributed by atoms with van der Waals surface area (Å²) in [4.78, 5) is 19.7. The van der Waals surface area contributed by atoms with Gasteiger partial charge in [-0.2, -0.15) is 0 Å². The van der Waals surface area contributed by atoms with Crippen molar-refractivity contribution in [2.24, 2.45) is 0 Å². The van der Waals surface area contributed by atoms with E-state index < -0.39 is 0 Å². The van der Waals surface area contributed by atoms with Crippen molar-refractivity contribution in [1.82, 2.24) is 9.88 Å². The SMILES string of the molecule is CCCNc1nc(C)c(C(=O)CCN(CC)CC)s1.Cl.Cl. The lowest BCUT2D eigenvalue weighted by atomic mass is 10.2. The molecule has 0 fully saturated rings. The van der Waals surface area contributed by atoms with E-state index in [4.69, 9.17) is 0 Å². The van der Waals surface area contributed by atoms with E-state index in [9.17, 15) is 4.79 Å². The van der Waals surface area contributed by atoms with Crippen molar-refractivity contribution in [3.8, 4) is 0 Å². The van der Waals surface area contributed by atoms with Crippen LogP contribution in [-0.2, 0) is 0 Å². The Labute approximate surface area is 144 Å². The van der Waals surface area contributed by atoms with Crippen LogP contribution < -0.4 is 5.32 Å². The fraction of sp³-hybridized carbons (Fsp3) is 0.714. The number of nitrogens with one attached hydrogen (secondary N) is 1. The highest BCUT2D eigenvalue weighted by Gasteiger charge is 2.15. The number of aromatic nitrogens is 1. The number of hydrogen-bond donors (Lipinski definition) is 1. The lowest BCUT2D eigenvalue weighted by Crippen LogP contribution is -2.25. The lowest BCUT2D eigenvalue weighted by Gasteiger charge is -2.16. The van der Waals surface area contributed by atoms with Crippen LogP contribution in [0.1, 0.15) is 49.0 Å². The molecule has 0 aliphatic rings. The molecule has 1 heterocycles. The molecule has 0 saturated heterocycles. The summed E-state index contributed by atoms with van der Waals surface area (Å²) in [6.45, 7) is 12.0. The zero-order valence-corrected chi connectivity index (χ0v) is 15.7. The van der Waals surface area contributed by atoms with Crippen molar-refractivity contribution in [2.45, 2.75) is 40.5 Å². The van der Waals surface area contributed by atoms with Crippen LogP contribution in [0.15, 0.2) is 0 Å². The third kappa shape index (κ3) is 7.45. The van der Waals surface area contributed by atoms with Gasteiger partial charge in [0, 0.05) is 19.5 Å². The smallest absolute Gasteiger partial charge is 0.183 e. The Balaban J connectivity index is 0. The van der Waals surface area contributed by atoms with Crippen LogP contribution in [0.2, 0.25) is 0 Å². The first kappa shape index (κ1) is 22.9. The van der Waals surface area contributed by atoms with Gasteiger partial charge < -0.3 is 10.2 Å². The molecule has 0 radical (unpaired) electrons. The number of rotatable bonds is 9. The fourth-order valence-corrected chi connectivity index (χ4v) is 2.84. The first-order chi connectivity index (χ1) is 9.12. The van der Waals surface area contributed by atoms with E-state index in [1.807, 2.05) is 6.92 Å². The Kier molecular flexibility index (Phi) is 13.3. The van der Waals surface area contributed by atoms with Crippen LogP contribution >= 0.6 is 36.2 Å². The number of nitrogens with zero attached hydrogens (tertiary/aromatic N) is 2. The summed E-state index contributed by atoms with van der Waals surface area (Å²) in [5, 5.41) is 4.11. The molecule has 0 spiro atoms. The fourth-order valence-electron chi connectivity index (χ4n) is 1.88. The monoisotopic (exact) mass is 355 g/mol. The highest BCUT2D eigenvalue weighted by Crippen LogP contribution is 2.23. The Hall–Kier alpha value is -0.360. The van der Waals surface area contributed by atoms with Crippen molar-refractivity contribution in [2.75, 3.05) is 31.5 Å². The second-order valence-electron chi connectivity index (χ2n) is 4.56. The van der Waals surface area contributed by atoms with Gasteiger partial charge in [0.25, 0.3) is 0 Å². The Bertz CT molecular complexity index is 409. The van der Waals surface area contributed by atoms with Crippen LogP contribution in [0.4, 0.5) is 5.13 Å². The molecule has 21 heavy (non-hydrogen) atoms. The maximum absolute atomic E-state index is 12.2. The third-order valence-electron chi connectivity index (χ3n) is 3.13. The predicted molar refractivity (Wildman–Crippen MR) is 96.9 cm³/mol. The van der Waals surface area contributed by atoms with Crippen LogP contribution in [-0.4, -0.2) is 41.8 Å². The molecule has 0 atom stereocenters. The minimum absolute atomic E-state index is 0. The van der Waals surface area contributed by atoms with Crippen molar-refractivity contribution >= 4 is 47.1 Å². The largest absolute Gasteiger partial charge is 0.362 e. The molecular weight excluding hydrogens is 329 g/mol. The van der Waals surface area contributed by atoms with Gasteiger partial charge in [0.05, 0.1) is 10.6 Å². The number of carbonyl (C=O) groups is 1. The van der Waals surface area contributed by atoms with E-state index in [0.717, 1.165) is 48.3 Å². The average Bonchev–Trinajstić information content (AvgIpc) is 2.78. The third-order valence-corrected chi connectivity index (χ3v) is 4.28. The van der Waals surface area contributed by atoms with Crippen molar-refractivity contribution < 1.29 is 4.79 Å². The average molecular weight is 356 g/mol. The molecule has 0 aliphatic carbocycles. The molecule has 1 rings (SSSR count). The van der Waals surface area contributed by atoms with Crippen molar-refractivity contribution in [1.29, 1.82) is 0 Å². The van der Waals surface area contributed by atoms with Gasteiger partial charge >= 0.3 is 0 Å². The number of thiazole rings is 1. The van der Waals surface area contributed by atoms with E-state index >= 15 is 0 Å². The highest BCUT2D eigenvalue weighted by molar-refractivity contribution is 7.17. The van der Waals surface area contributed by atoms with Crippen LogP contribution in [0.3, 0.4) is 0 Å². The van der Waals surface area contributed by atoms with Gasteiger partial charge in [-0.25, -0.2) is 4.98 Å². The molecule has 1 N–H and O–H groups in total. The maximum Gasteiger partial charge on any atom is 0.183 e. The van der Waals surface area contributed by atoms with E-state index in [-0.39, 0.29) is 30.6 Å². The molecule has 0 aromatic carbocycles. The summed E-state index contributed by atoms with van der Waals surface area (Å²) in [7, 11) is 0. The van der Waals surface area contributed by atoms with Gasteiger partial charge in [-0.1, -0.05) is 32.1 Å². The highest BCUT2D eigenvalue weighted by atomic mass is 35.5. The summed E-state index contributed by atoms with van der Waals surface area (Å²) in [6.07, 6.45) is 1.64. The number of halogens is 2. The number of carbonyl (C=O) groups excluding carboxylic acids is 1. The van der Waals surface area contributed by atoms with Gasteiger partial charge in [-0.3, -0.25) is 4.79 Å². The minimum Gasteiger partial charge on any atom is -0.362 e. The van der Waals surface area contributed by atoms with Crippen LogP contribution in [0.25, 0.3) is 0 Å². The van der Waals surface area contributed by atoms with Gasteiger partial charge in [-0.05, 0) is 26.4 Å². The Morgan fingerprint density at radius 3 is 2.38 bits per heavy atom.